The standard InChI is InChI=1S/C14H12BrN3O2S/c1-9-7-11(8-16)3-5-13(9)21(19,20)18-14-6-4-12(15)10(2)17-14/h3-7H,1-2H3,(H,17,18). The van der Waals surface area contributed by atoms with E-state index in [1.807, 2.05) is 6.07 Å². The Kier molecular flexibility index (Phi) is 4.30. The first-order valence-electron chi connectivity index (χ1n) is 6.00. The minimum Gasteiger partial charge on any atom is -0.263 e. The molecule has 0 radical (unpaired) electrons. The van der Waals surface area contributed by atoms with Gasteiger partial charge in [-0.1, -0.05) is 0 Å². The van der Waals surface area contributed by atoms with Crippen molar-refractivity contribution < 1.29 is 8.42 Å². The van der Waals surface area contributed by atoms with E-state index in [1.165, 1.54) is 18.2 Å². The van der Waals surface area contributed by atoms with Crippen LogP contribution in [0.5, 0.6) is 0 Å². The molecule has 5 nitrogen and oxygen atoms in total. The number of benzene rings is 1. The number of nitrogens with one attached hydrogen (secondary N) is 1. The number of rotatable bonds is 3. The van der Waals surface area contributed by atoms with E-state index < -0.39 is 10.0 Å². The van der Waals surface area contributed by atoms with Crippen LogP contribution in [-0.4, -0.2) is 13.4 Å². The SMILES string of the molecule is Cc1cc(C#N)ccc1S(=O)(=O)Nc1ccc(Br)c(C)n1. The van der Waals surface area contributed by atoms with Crippen LogP contribution in [0.3, 0.4) is 0 Å². The van der Waals surface area contributed by atoms with Crippen molar-refractivity contribution >= 4 is 31.8 Å². The number of aromatic nitrogens is 1. The van der Waals surface area contributed by atoms with Gasteiger partial charge in [0.25, 0.3) is 10.0 Å². The summed E-state index contributed by atoms with van der Waals surface area (Å²) in [5.74, 6) is 0.249. The third kappa shape index (κ3) is 3.40. The van der Waals surface area contributed by atoms with E-state index in [4.69, 9.17) is 5.26 Å². The molecule has 0 spiro atoms. The second-order valence-electron chi connectivity index (χ2n) is 4.46. The van der Waals surface area contributed by atoms with Gasteiger partial charge in [-0.2, -0.15) is 5.26 Å². The number of aryl methyl sites for hydroxylation is 2. The summed E-state index contributed by atoms with van der Waals surface area (Å²) in [5.41, 5.74) is 1.62. The molecule has 1 aromatic carbocycles. The molecule has 0 fully saturated rings. The number of sulfonamides is 1. The molecule has 1 heterocycles. The molecule has 2 rings (SSSR count). The first-order valence-corrected chi connectivity index (χ1v) is 8.28. The normalized spacial score (nSPS) is 11.0. The Balaban J connectivity index is 2.38. The molecule has 1 N–H and O–H groups in total. The van der Waals surface area contributed by atoms with E-state index in [9.17, 15) is 8.42 Å². The molecule has 21 heavy (non-hydrogen) atoms. The zero-order valence-corrected chi connectivity index (χ0v) is 13.8. The number of pyridine rings is 1. The molecular weight excluding hydrogens is 354 g/mol. The van der Waals surface area contributed by atoms with Gasteiger partial charge >= 0.3 is 0 Å². The average molecular weight is 366 g/mol. The van der Waals surface area contributed by atoms with Crippen LogP contribution in [0, 0.1) is 25.2 Å². The monoisotopic (exact) mass is 365 g/mol. The van der Waals surface area contributed by atoms with Crippen LogP contribution in [0.15, 0.2) is 39.7 Å². The van der Waals surface area contributed by atoms with Gasteiger partial charge in [0, 0.05) is 4.47 Å². The van der Waals surface area contributed by atoms with E-state index in [0.717, 1.165) is 4.47 Å². The van der Waals surface area contributed by atoms with E-state index in [-0.39, 0.29) is 10.7 Å². The second kappa shape index (κ2) is 5.84. The van der Waals surface area contributed by atoms with Crippen LogP contribution in [-0.2, 0) is 10.0 Å². The Bertz CT molecular complexity index is 842. The fourth-order valence-corrected chi connectivity index (χ4v) is 3.26. The molecular formula is C14H12BrN3O2S. The average Bonchev–Trinajstić information content (AvgIpc) is 2.42. The lowest BCUT2D eigenvalue weighted by Gasteiger charge is -2.10. The molecule has 0 unspecified atom stereocenters. The molecule has 1 aromatic heterocycles. The fraction of sp³-hybridized carbons (Fsp3) is 0.143. The summed E-state index contributed by atoms with van der Waals surface area (Å²) >= 11 is 3.31. The number of nitriles is 1. The smallest absolute Gasteiger partial charge is 0.263 e. The van der Waals surface area contributed by atoms with E-state index in [2.05, 4.69) is 25.6 Å². The number of hydrogen-bond donors (Lipinski definition) is 1. The Morgan fingerprint density at radius 2 is 1.95 bits per heavy atom. The van der Waals surface area contributed by atoms with Crippen molar-refractivity contribution in [3.05, 3.63) is 51.6 Å². The number of anilines is 1. The van der Waals surface area contributed by atoms with Gasteiger partial charge in [0.1, 0.15) is 5.82 Å². The lowest BCUT2D eigenvalue weighted by Crippen LogP contribution is -2.15. The molecule has 0 aliphatic carbocycles. The maximum Gasteiger partial charge on any atom is 0.263 e. The van der Waals surface area contributed by atoms with Crippen LogP contribution >= 0.6 is 15.9 Å². The van der Waals surface area contributed by atoms with Crippen LogP contribution in [0.2, 0.25) is 0 Å². The summed E-state index contributed by atoms with van der Waals surface area (Å²) in [6.07, 6.45) is 0. The molecule has 2 aromatic rings. The second-order valence-corrected chi connectivity index (χ2v) is 6.97. The molecule has 108 valence electrons. The molecule has 0 aliphatic rings. The summed E-state index contributed by atoms with van der Waals surface area (Å²) < 4.78 is 28.0. The topological polar surface area (TPSA) is 82.8 Å². The van der Waals surface area contributed by atoms with Gasteiger partial charge < -0.3 is 0 Å². The highest BCUT2D eigenvalue weighted by Gasteiger charge is 2.18. The first kappa shape index (κ1) is 15.5. The van der Waals surface area contributed by atoms with Crippen molar-refractivity contribution in [2.75, 3.05) is 4.72 Å². The maximum atomic E-state index is 12.4. The number of halogens is 1. The van der Waals surface area contributed by atoms with Gasteiger partial charge in [0.05, 0.1) is 22.2 Å². The van der Waals surface area contributed by atoms with Gasteiger partial charge in [-0.05, 0) is 65.7 Å². The lowest BCUT2D eigenvalue weighted by atomic mass is 10.2. The van der Waals surface area contributed by atoms with Crippen molar-refractivity contribution in [2.24, 2.45) is 0 Å². The zero-order valence-electron chi connectivity index (χ0n) is 11.4. The van der Waals surface area contributed by atoms with Crippen molar-refractivity contribution in [3.63, 3.8) is 0 Å². The number of nitrogens with zero attached hydrogens (tertiary/aromatic N) is 2. The minimum atomic E-state index is -3.74. The summed E-state index contributed by atoms with van der Waals surface area (Å²) in [6.45, 7) is 3.42. The third-order valence-corrected chi connectivity index (χ3v) is 5.21. The van der Waals surface area contributed by atoms with Crippen LogP contribution in [0.25, 0.3) is 0 Å². The Hall–Kier alpha value is -1.91. The van der Waals surface area contributed by atoms with Gasteiger partial charge in [-0.15, -0.1) is 0 Å². The molecule has 0 saturated heterocycles. The molecule has 0 saturated carbocycles. The minimum absolute atomic E-state index is 0.129. The molecule has 0 bridgehead atoms. The van der Waals surface area contributed by atoms with Gasteiger partial charge in [-0.3, -0.25) is 4.72 Å². The van der Waals surface area contributed by atoms with Crippen molar-refractivity contribution in [3.8, 4) is 6.07 Å². The summed E-state index contributed by atoms with van der Waals surface area (Å²) in [5, 5.41) is 8.82. The van der Waals surface area contributed by atoms with Gasteiger partial charge in [0.15, 0.2) is 0 Å². The predicted octanol–water partition coefficient (Wildman–Crippen LogP) is 3.13. The lowest BCUT2D eigenvalue weighted by molar-refractivity contribution is 0.600. The van der Waals surface area contributed by atoms with Gasteiger partial charge in [0.2, 0.25) is 0 Å². The summed E-state index contributed by atoms with van der Waals surface area (Å²) in [4.78, 5) is 4.29. The maximum absolute atomic E-state index is 12.4. The Morgan fingerprint density at radius 1 is 1.24 bits per heavy atom. The quantitative estimate of drug-likeness (QED) is 0.905. The predicted molar refractivity (Wildman–Crippen MR) is 83.4 cm³/mol. The highest BCUT2D eigenvalue weighted by Crippen LogP contribution is 2.21. The Labute approximate surface area is 131 Å². The molecule has 0 amide bonds. The largest absolute Gasteiger partial charge is 0.263 e. The van der Waals surface area contributed by atoms with Crippen LogP contribution < -0.4 is 4.72 Å². The number of hydrogen-bond acceptors (Lipinski definition) is 4. The van der Waals surface area contributed by atoms with Crippen LogP contribution in [0.4, 0.5) is 5.82 Å². The highest BCUT2D eigenvalue weighted by molar-refractivity contribution is 9.10. The molecule has 7 heteroatoms. The van der Waals surface area contributed by atoms with Crippen LogP contribution in [0.1, 0.15) is 16.8 Å². The van der Waals surface area contributed by atoms with Crippen molar-refractivity contribution in [1.82, 2.24) is 4.98 Å². The van der Waals surface area contributed by atoms with E-state index >= 15 is 0 Å². The van der Waals surface area contributed by atoms with Gasteiger partial charge in [-0.25, -0.2) is 13.4 Å². The fourth-order valence-electron chi connectivity index (χ4n) is 1.81. The molecule has 0 atom stereocenters. The Morgan fingerprint density at radius 3 is 2.52 bits per heavy atom. The summed E-state index contributed by atoms with van der Waals surface area (Å²) in [6, 6.07) is 9.71. The first-order chi connectivity index (χ1) is 9.83. The van der Waals surface area contributed by atoms with E-state index in [1.54, 1.807) is 26.0 Å². The zero-order chi connectivity index (χ0) is 15.6. The third-order valence-electron chi connectivity index (χ3n) is 2.85. The van der Waals surface area contributed by atoms with Crippen molar-refractivity contribution in [1.29, 1.82) is 5.26 Å². The highest BCUT2D eigenvalue weighted by atomic mass is 79.9. The molecule has 0 aliphatic heterocycles. The van der Waals surface area contributed by atoms with E-state index in [0.29, 0.717) is 16.8 Å². The van der Waals surface area contributed by atoms with Crippen molar-refractivity contribution in [2.45, 2.75) is 18.7 Å². The summed E-state index contributed by atoms with van der Waals surface area (Å²) in [7, 11) is -3.74.